The van der Waals surface area contributed by atoms with Gasteiger partial charge < -0.3 is 20.6 Å². The Labute approximate surface area is 108 Å². The van der Waals surface area contributed by atoms with Gasteiger partial charge in [0.25, 0.3) is 0 Å². The topological polar surface area (TPSA) is 88.2 Å². The minimum atomic E-state index is -0.781. The second-order valence-corrected chi connectivity index (χ2v) is 4.50. The van der Waals surface area contributed by atoms with E-state index in [2.05, 4.69) is 5.16 Å². The summed E-state index contributed by atoms with van der Waals surface area (Å²) in [5.74, 6) is -0.0140. The molecular formula is C12H23N3O3. The molecular weight excluding hydrogens is 234 g/mol. The van der Waals surface area contributed by atoms with Gasteiger partial charge in [-0.3, -0.25) is 4.79 Å². The molecule has 0 aromatic rings. The van der Waals surface area contributed by atoms with Crippen LogP contribution in [0.15, 0.2) is 5.16 Å². The molecule has 0 radical (unpaired) electrons. The van der Waals surface area contributed by atoms with E-state index in [4.69, 9.17) is 15.7 Å². The fourth-order valence-electron chi connectivity index (χ4n) is 2.23. The normalized spacial score (nSPS) is 18.2. The Bertz CT molecular complexity index is 314. The molecule has 1 amide bonds. The number of carbonyl (C=O) groups is 1. The van der Waals surface area contributed by atoms with Crippen molar-refractivity contribution in [3.63, 3.8) is 0 Å². The number of hydrogen-bond acceptors (Lipinski definition) is 4. The summed E-state index contributed by atoms with van der Waals surface area (Å²) in [6.45, 7) is 6.14. The van der Waals surface area contributed by atoms with Gasteiger partial charge in [0.05, 0.1) is 6.61 Å². The average molecular weight is 257 g/mol. The molecule has 1 aliphatic carbocycles. The summed E-state index contributed by atoms with van der Waals surface area (Å²) >= 11 is 0. The van der Waals surface area contributed by atoms with Crippen molar-refractivity contribution >= 4 is 11.7 Å². The third-order valence-electron chi connectivity index (χ3n) is 3.59. The van der Waals surface area contributed by atoms with Crippen LogP contribution in [-0.2, 0) is 9.53 Å². The van der Waals surface area contributed by atoms with E-state index in [0.29, 0.717) is 39.1 Å². The lowest BCUT2D eigenvalue weighted by atomic mass is 9.67. The SMILES string of the molecule is CCOCCN(CC)C(=O)C1(C(N)=NO)CCC1. The van der Waals surface area contributed by atoms with Crippen LogP contribution in [0.1, 0.15) is 33.1 Å². The molecule has 1 aliphatic rings. The fourth-order valence-corrected chi connectivity index (χ4v) is 2.23. The highest BCUT2D eigenvalue weighted by molar-refractivity contribution is 6.07. The molecule has 0 aromatic heterocycles. The minimum Gasteiger partial charge on any atom is -0.409 e. The highest BCUT2D eigenvalue weighted by Gasteiger charge is 2.49. The monoisotopic (exact) mass is 257 g/mol. The Morgan fingerprint density at radius 3 is 2.56 bits per heavy atom. The average Bonchev–Trinajstić information content (AvgIpc) is 2.32. The maximum Gasteiger partial charge on any atom is 0.236 e. The van der Waals surface area contributed by atoms with E-state index >= 15 is 0 Å². The molecule has 6 heteroatoms. The third-order valence-corrected chi connectivity index (χ3v) is 3.59. The smallest absolute Gasteiger partial charge is 0.236 e. The molecule has 3 N–H and O–H groups in total. The Hall–Kier alpha value is -1.30. The highest BCUT2D eigenvalue weighted by atomic mass is 16.5. The molecule has 0 aliphatic heterocycles. The zero-order chi connectivity index (χ0) is 13.6. The second-order valence-electron chi connectivity index (χ2n) is 4.50. The number of likely N-dealkylation sites (N-methyl/N-ethyl adjacent to an activating group) is 1. The largest absolute Gasteiger partial charge is 0.409 e. The maximum atomic E-state index is 12.5. The number of nitrogens with two attached hydrogens (primary N) is 1. The molecule has 1 fully saturated rings. The van der Waals surface area contributed by atoms with Crippen molar-refractivity contribution < 1.29 is 14.7 Å². The molecule has 1 rings (SSSR count). The first kappa shape index (κ1) is 14.8. The van der Waals surface area contributed by atoms with Gasteiger partial charge in [-0.15, -0.1) is 0 Å². The van der Waals surface area contributed by atoms with Gasteiger partial charge in [-0.25, -0.2) is 0 Å². The van der Waals surface area contributed by atoms with Gasteiger partial charge in [0, 0.05) is 19.7 Å². The molecule has 0 spiro atoms. The van der Waals surface area contributed by atoms with Crippen molar-refractivity contribution in [3.05, 3.63) is 0 Å². The zero-order valence-electron chi connectivity index (χ0n) is 11.2. The third kappa shape index (κ3) is 2.75. The molecule has 104 valence electrons. The van der Waals surface area contributed by atoms with Crippen LogP contribution < -0.4 is 5.73 Å². The molecule has 0 heterocycles. The highest BCUT2D eigenvalue weighted by Crippen LogP contribution is 2.42. The number of oxime groups is 1. The number of carbonyl (C=O) groups excluding carboxylic acids is 1. The van der Waals surface area contributed by atoms with E-state index < -0.39 is 5.41 Å². The van der Waals surface area contributed by atoms with E-state index in [1.807, 2.05) is 13.8 Å². The van der Waals surface area contributed by atoms with Crippen molar-refractivity contribution in [3.8, 4) is 0 Å². The van der Waals surface area contributed by atoms with Crippen LogP contribution in [0.4, 0.5) is 0 Å². The summed E-state index contributed by atoms with van der Waals surface area (Å²) in [6, 6.07) is 0. The first-order valence-corrected chi connectivity index (χ1v) is 6.47. The summed E-state index contributed by atoms with van der Waals surface area (Å²) in [5, 5.41) is 11.9. The Balaban J connectivity index is 2.70. The van der Waals surface area contributed by atoms with Gasteiger partial charge in [-0.1, -0.05) is 11.6 Å². The number of amidine groups is 1. The number of amides is 1. The molecule has 0 atom stereocenters. The van der Waals surface area contributed by atoms with Crippen LogP contribution in [0.3, 0.4) is 0 Å². The second kappa shape index (κ2) is 6.58. The summed E-state index contributed by atoms with van der Waals surface area (Å²) in [5.41, 5.74) is 4.90. The number of rotatable bonds is 7. The summed E-state index contributed by atoms with van der Waals surface area (Å²) < 4.78 is 5.26. The number of ether oxygens (including phenoxy) is 1. The predicted octanol–water partition coefficient (Wildman–Crippen LogP) is 0.788. The van der Waals surface area contributed by atoms with Crippen LogP contribution in [0.5, 0.6) is 0 Å². The van der Waals surface area contributed by atoms with E-state index in [-0.39, 0.29) is 11.7 Å². The van der Waals surface area contributed by atoms with E-state index in [9.17, 15) is 4.79 Å². The lowest BCUT2D eigenvalue weighted by molar-refractivity contribution is -0.142. The van der Waals surface area contributed by atoms with Crippen molar-refractivity contribution in [1.29, 1.82) is 0 Å². The molecule has 6 nitrogen and oxygen atoms in total. The zero-order valence-corrected chi connectivity index (χ0v) is 11.2. The van der Waals surface area contributed by atoms with E-state index in [1.54, 1.807) is 4.90 Å². The van der Waals surface area contributed by atoms with Crippen molar-refractivity contribution in [2.75, 3.05) is 26.3 Å². The van der Waals surface area contributed by atoms with Crippen LogP contribution in [0.2, 0.25) is 0 Å². The van der Waals surface area contributed by atoms with Gasteiger partial charge in [0.2, 0.25) is 5.91 Å². The molecule has 0 bridgehead atoms. The van der Waals surface area contributed by atoms with Gasteiger partial charge >= 0.3 is 0 Å². The number of nitrogens with zero attached hydrogens (tertiary/aromatic N) is 2. The quantitative estimate of drug-likeness (QED) is 0.232. The van der Waals surface area contributed by atoms with Gasteiger partial charge in [-0.05, 0) is 26.7 Å². The van der Waals surface area contributed by atoms with Crippen molar-refractivity contribution in [2.24, 2.45) is 16.3 Å². The molecule has 18 heavy (non-hydrogen) atoms. The summed E-state index contributed by atoms with van der Waals surface area (Å²) in [7, 11) is 0. The number of hydrogen-bond donors (Lipinski definition) is 2. The fraction of sp³-hybridized carbons (Fsp3) is 0.833. The first-order chi connectivity index (χ1) is 8.62. The van der Waals surface area contributed by atoms with Crippen molar-refractivity contribution in [2.45, 2.75) is 33.1 Å². The molecule has 0 aromatic carbocycles. The Morgan fingerprint density at radius 2 is 2.17 bits per heavy atom. The van der Waals surface area contributed by atoms with Crippen LogP contribution in [-0.4, -0.2) is 48.2 Å². The Morgan fingerprint density at radius 1 is 1.50 bits per heavy atom. The van der Waals surface area contributed by atoms with Crippen molar-refractivity contribution in [1.82, 2.24) is 4.90 Å². The van der Waals surface area contributed by atoms with Gasteiger partial charge in [-0.2, -0.15) is 0 Å². The van der Waals surface area contributed by atoms with Crippen LogP contribution in [0, 0.1) is 5.41 Å². The lowest BCUT2D eigenvalue weighted by Gasteiger charge is -2.42. The minimum absolute atomic E-state index is 0.0357. The van der Waals surface area contributed by atoms with Gasteiger partial charge in [0.1, 0.15) is 5.41 Å². The molecule has 0 saturated heterocycles. The van der Waals surface area contributed by atoms with E-state index in [0.717, 1.165) is 6.42 Å². The van der Waals surface area contributed by atoms with Crippen LogP contribution >= 0.6 is 0 Å². The standard InChI is InChI=1S/C12H23N3O3/c1-3-15(8-9-18-4-2)11(16)12(6-5-7-12)10(13)14-17/h17H,3-9H2,1-2H3,(H2,13,14). The summed E-state index contributed by atoms with van der Waals surface area (Å²) in [6.07, 6.45) is 2.25. The Kier molecular flexibility index (Phi) is 5.40. The first-order valence-electron chi connectivity index (χ1n) is 6.47. The molecule has 1 saturated carbocycles. The lowest BCUT2D eigenvalue weighted by Crippen LogP contribution is -2.55. The summed E-state index contributed by atoms with van der Waals surface area (Å²) in [4.78, 5) is 14.2. The van der Waals surface area contributed by atoms with Crippen LogP contribution in [0.25, 0.3) is 0 Å². The maximum absolute atomic E-state index is 12.5. The van der Waals surface area contributed by atoms with E-state index in [1.165, 1.54) is 0 Å². The van der Waals surface area contributed by atoms with Gasteiger partial charge in [0.15, 0.2) is 5.84 Å². The predicted molar refractivity (Wildman–Crippen MR) is 68.4 cm³/mol. The molecule has 0 unspecified atom stereocenters.